The second-order valence-corrected chi connectivity index (χ2v) is 10.2. The summed E-state index contributed by atoms with van der Waals surface area (Å²) in [6.45, 7) is 8.50. The van der Waals surface area contributed by atoms with Gasteiger partial charge in [0.1, 0.15) is 11.5 Å². The van der Waals surface area contributed by atoms with E-state index in [1.54, 1.807) is 0 Å². The molecule has 0 bridgehead atoms. The summed E-state index contributed by atoms with van der Waals surface area (Å²) < 4.78 is 13.4. The normalized spacial score (nSPS) is 19.2. The first-order chi connectivity index (χ1) is 15.9. The molecule has 2 aliphatic heterocycles. The van der Waals surface area contributed by atoms with Crippen molar-refractivity contribution in [2.45, 2.75) is 58.4 Å². The minimum atomic E-state index is -0.258. The van der Waals surface area contributed by atoms with E-state index in [2.05, 4.69) is 83.3 Å². The van der Waals surface area contributed by atoms with Crippen LogP contribution in [0.3, 0.4) is 0 Å². The fraction of sp³-hybridized carbons (Fsp3) is 0.321. The third-order valence-corrected chi connectivity index (χ3v) is 6.69. The van der Waals surface area contributed by atoms with Gasteiger partial charge in [-0.2, -0.15) is 5.10 Å². The average Bonchev–Trinajstić information content (AvgIpc) is 3.25. The zero-order valence-corrected chi connectivity index (χ0v) is 21.0. The topological polar surface area (TPSA) is 34.1 Å². The Hall–Kier alpha value is -2.79. The molecule has 0 fully saturated rings. The van der Waals surface area contributed by atoms with Crippen molar-refractivity contribution < 1.29 is 9.47 Å². The first-order valence-corrected chi connectivity index (χ1v) is 12.4. The monoisotopic (exact) mass is 504 g/mol. The Morgan fingerprint density at radius 1 is 0.970 bits per heavy atom. The van der Waals surface area contributed by atoms with E-state index >= 15 is 0 Å². The molecule has 0 saturated heterocycles. The van der Waals surface area contributed by atoms with Gasteiger partial charge >= 0.3 is 0 Å². The van der Waals surface area contributed by atoms with Crippen LogP contribution in [-0.2, 0) is 0 Å². The van der Waals surface area contributed by atoms with Crippen LogP contribution < -0.4 is 9.47 Å². The molecule has 4 nitrogen and oxygen atoms in total. The lowest BCUT2D eigenvalue weighted by molar-refractivity contribution is -0.0190. The van der Waals surface area contributed by atoms with Crippen LogP contribution in [0.15, 0.2) is 76.3 Å². The van der Waals surface area contributed by atoms with Gasteiger partial charge in [0.15, 0.2) is 0 Å². The van der Waals surface area contributed by atoms with Crippen molar-refractivity contribution in [2.24, 2.45) is 5.10 Å². The van der Waals surface area contributed by atoms with Gasteiger partial charge < -0.3 is 9.47 Å². The van der Waals surface area contributed by atoms with Gasteiger partial charge in [0, 0.05) is 22.0 Å². The third-order valence-electron chi connectivity index (χ3n) is 6.20. The molecule has 33 heavy (non-hydrogen) atoms. The maximum atomic E-state index is 6.51. The summed E-state index contributed by atoms with van der Waals surface area (Å²) in [4.78, 5) is 0. The Labute approximate surface area is 204 Å². The standard InChI is InChI=1S/C28H29BrN2O2/c1-17(2)19-5-7-21(8-6-19)28-31-26(24-15-22(29)11-14-27(24)33-28)16-25(30-31)20-9-12-23(13-10-20)32-18(3)4/h5-15,17-18,26,28H,16H2,1-4H3/t26-,28+/m0/s1. The van der Waals surface area contributed by atoms with E-state index in [9.17, 15) is 0 Å². The molecular weight excluding hydrogens is 476 g/mol. The van der Waals surface area contributed by atoms with Crippen molar-refractivity contribution in [3.63, 3.8) is 0 Å². The van der Waals surface area contributed by atoms with E-state index < -0.39 is 0 Å². The van der Waals surface area contributed by atoms with Crippen molar-refractivity contribution in [1.82, 2.24) is 5.01 Å². The predicted molar refractivity (Wildman–Crippen MR) is 136 cm³/mol. The molecule has 5 rings (SSSR count). The fourth-order valence-corrected chi connectivity index (χ4v) is 4.87. The van der Waals surface area contributed by atoms with Crippen molar-refractivity contribution in [2.75, 3.05) is 0 Å². The highest BCUT2D eigenvalue weighted by molar-refractivity contribution is 9.10. The summed E-state index contributed by atoms with van der Waals surface area (Å²) in [5.41, 5.74) is 5.79. The van der Waals surface area contributed by atoms with Crippen molar-refractivity contribution in [3.8, 4) is 11.5 Å². The zero-order chi connectivity index (χ0) is 23.1. The highest BCUT2D eigenvalue weighted by Crippen LogP contribution is 2.48. The van der Waals surface area contributed by atoms with Crippen LogP contribution in [0.1, 0.15) is 74.6 Å². The number of benzene rings is 3. The SMILES string of the molecule is CC(C)Oc1ccc(C2=NN3[C@@H](c4ccc(C(C)C)cc4)Oc4ccc(Br)cc4[C@@H]3C2)cc1. The molecule has 0 radical (unpaired) electrons. The van der Waals surface area contributed by atoms with Crippen LogP contribution in [0.25, 0.3) is 0 Å². The van der Waals surface area contributed by atoms with Crippen LogP contribution in [-0.4, -0.2) is 16.8 Å². The van der Waals surface area contributed by atoms with Crippen LogP contribution >= 0.6 is 15.9 Å². The number of hydrazone groups is 1. The summed E-state index contributed by atoms with van der Waals surface area (Å²) in [7, 11) is 0. The van der Waals surface area contributed by atoms with Crippen molar-refractivity contribution in [3.05, 3.63) is 93.5 Å². The largest absolute Gasteiger partial charge is 0.491 e. The van der Waals surface area contributed by atoms with E-state index in [-0.39, 0.29) is 18.4 Å². The molecule has 2 atom stereocenters. The quantitative estimate of drug-likeness (QED) is 0.358. The molecule has 0 spiro atoms. The lowest BCUT2D eigenvalue weighted by Crippen LogP contribution is -2.33. The average molecular weight is 505 g/mol. The Morgan fingerprint density at radius 3 is 2.36 bits per heavy atom. The molecule has 170 valence electrons. The Morgan fingerprint density at radius 2 is 1.70 bits per heavy atom. The molecule has 0 aliphatic carbocycles. The van der Waals surface area contributed by atoms with Gasteiger partial charge in [-0.25, -0.2) is 5.01 Å². The van der Waals surface area contributed by atoms with Gasteiger partial charge in [0.05, 0.1) is 17.9 Å². The molecule has 0 aromatic heterocycles. The van der Waals surface area contributed by atoms with E-state index in [1.807, 2.05) is 32.0 Å². The maximum Gasteiger partial charge on any atom is 0.213 e. The minimum absolute atomic E-state index is 0.127. The second kappa shape index (κ2) is 8.86. The van der Waals surface area contributed by atoms with Crippen molar-refractivity contribution in [1.29, 1.82) is 0 Å². The maximum absolute atomic E-state index is 6.51. The second-order valence-electron chi connectivity index (χ2n) is 9.31. The van der Waals surface area contributed by atoms with Gasteiger partial charge in [0.2, 0.25) is 6.23 Å². The Kier molecular flexibility index (Phi) is 5.92. The minimum Gasteiger partial charge on any atom is -0.491 e. The number of fused-ring (bicyclic) bond motifs is 3. The highest BCUT2D eigenvalue weighted by Gasteiger charge is 2.41. The number of hydrogen-bond acceptors (Lipinski definition) is 4. The molecule has 0 unspecified atom stereocenters. The molecule has 0 amide bonds. The molecule has 0 N–H and O–H groups in total. The van der Waals surface area contributed by atoms with Gasteiger partial charge in [-0.15, -0.1) is 0 Å². The summed E-state index contributed by atoms with van der Waals surface area (Å²) in [5, 5.41) is 7.22. The number of halogens is 1. The first kappa shape index (κ1) is 22.0. The first-order valence-electron chi connectivity index (χ1n) is 11.6. The highest BCUT2D eigenvalue weighted by atomic mass is 79.9. The fourth-order valence-electron chi connectivity index (χ4n) is 4.50. The van der Waals surface area contributed by atoms with Gasteiger partial charge in [-0.3, -0.25) is 0 Å². The van der Waals surface area contributed by atoms with Crippen LogP contribution in [0.2, 0.25) is 0 Å². The summed E-state index contributed by atoms with van der Waals surface area (Å²) in [6.07, 6.45) is 0.729. The molecular formula is C28H29BrN2O2. The summed E-state index contributed by atoms with van der Waals surface area (Å²) >= 11 is 3.63. The Balaban J connectivity index is 1.50. The Bertz CT molecular complexity index is 1170. The van der Waals surface area contributed by atoms with Crippen LogP contribution in [0.5, 0.6) is 11.5 Å². The van der Waals surface area contributed by atoms with E-state index in [1.165, 1.54) is 5.56 Å². The molecule has 2 aliphatic rings. The molecule has 0 saturated carbocycles. The summed E-state index contributed by atoms with van der Waals surface area (Å²) in [5.74, 6) is 2.30. The number of nitrogens with zero attached hydrogens (tertiary/aromatic N) is 2. The van der Waals surface area contributed by atoms with Gasteiger partial charge in [-0.1, -0.05) is 54.0 Å². The predicted octanol–water partition coefficient (Wildman–Crippen LogP) is 7.60. The van der Waals surface area contributed by atoms with Crippen LogP contribution in [0.4, 0.5) is 0 Å². The van der Waals surface area contributed by atoms with Crippen LogP contribution in [0, 0.1) is 0 Å². The van der Waals surface area contributed by atoms with Crippen molar-refractivity contribution >= 4 is 21.6 Å². The molecule has 3 aromatic carbocycles. The molecule has 3 aromatic rings. The van der Waals surface area contributed by atoms with Gasteiger partial charge in [-0.05, 0) is 73.4 Å². The van der Waals surface area contributed by atoms with Gasteiger partial charge in [0.25, 0.3) is 0 Å². The smallest absolute Gasteiger partial charge is 0.213 e. The number of ether oxygens (including phenoxy) is 2. The molecule has 2 heterocycles. The number of rotatable bonds is 5. The third kappa shape index (κ3) is 4.39. The van der Waals surface area contributed by atoms with E-state index in [0.29, 0.717) is 5.92 Å². The lowest BCUT2D eigenvalue weighted by atomic mass is 9.95. The lowest BCUT2D eigenvalue weighted by Gasteiger charge is -2.38. The van der Waals surface area contributed by atoms with E-state index in [4.69, 9.17) is 14.6 Å². The molecule has 5 heteroatoms. The number of hydrogen-bond donors (Lipinski definition) is 0. The summed E-state index contributed by atoms with van der Waals surface area (Å²) in [6, 6.07) is 23.4. The van der Waals surface area contributed by atoms with E-state index in [0.717, 1.165) is 44.8 Å². The zero-order valence-electron chi connectivity index (χ0n) is 19.5.